The van der Waals surface area contributed by atoms with Crippen molar-refractivity contribution in [2.45, 2.75) is 12.8 Å². The van der Waals surface area contributed by atoms with E-state index in [-0.39, 0.29) is 42.1 Å². The number of aliphatic hydroxyl groups is 2. The molecular formula is C14H18ClFO4S. The zero-order valence-corrected chi connectivity index (χ0v) is 13.0. The Labute approximate surface area is 128 Å². The number of halogens is 2. The van der Waals surface area contributed by atoms with Crippen molar-refractivity contribution in [3.63, 3.8) is 0 Å². The number of sulfone groups is 1. The highest BCUT2D eigenvalue weighted by Crippen LogP contribution is 2.38. The first-order valence-corrected chi connectivity index (χ1v) is 8.88. The van der Waals surface area contributed by atoms with Crippen LogP contribution in [0.25, 0.3) is 0 Å². The molecule has 0 saturated carbocycles. The van der Waals surface area contributed by atoms with Crippen LogP contribution in [0.2, 0.25) is 5.02 Å². The lowest BCUT2D eigenvalue weighted by Crippen LogP contribution is -2.41. The highest BCUT2D eigenvalue weighted by Gasteiger charge is 2.44. The van der Waals surface area contributed by atoms with Crippen LogP contribution in [0.3, 0.4) is 0 Å². The predicted octanol–water partition coefficient (Wildman–Crippen LogP) is 1.43. The van der Waals surface area contributed by atoms with E-state index in [9.17, 15) is 23.0 Å². The van der Waals surface area contributed by atoms with E-state index in [1.165, 1.54) is 12.1 Å². The van der Waals surface area contributed by atoms with E-state index < -0.39 is 21.1 Å². The Balaban J connectivity index is 2.27. The van der Waals surface area contributed by atoms with Gasteiger partial charge >= 0.3 is 0 Å². The van der Waals surface area contributed by atoms with Crippen molar-refractivity contribution in [2.24, 2.45) is 11.3 Å². The third kappa shape index (κ3) is 3.56. The molecule has 1 heterocycles. The lowest BCUT2D eigenvalue weighted by molar-refractivity contribution is 0.0124. The van der Waals surface area contributed by atoms with Crippen molar-refractivity contribution in [3.05, 3.63) is 34.6 Å². The van der Waals surface area contributed by atoms with Gasteiger partial charge in [-0.3, -0.25) is 0 Å². The van der Waals surface area contributed by atoms with Crippen LogP contribution in [0.1, 0.15) is 12.0 Å². The summed E-state index contributed by atoms with van der Waals surface area (Å²) in [5.41, 5.74) is -0.395. The minimum Gasteiger partial charge on any atom is -0.396 e. The number of rotatable bonds is 5. The van der Waals surface area contributed by atoms with E-state index in [1.54, 1.807) is 6.07 Å². The summed E-state index contributed by atoms with van der Waals surface area (Å²) in [4.78, 5) is 0. The lowest BCUT2D eigenvalue weighted by atomic mass is 9.72. The fourth-order valence-corrected chi connectivity index (χ4v) is 4.96. The summed E-state index contributed by atoms with van der Waals surface area (Å²) in [6.07, 6.45) is 0.605. The third-order valence-electron chi connectivity index (χ3n) is 4.27. The van der Waals surface area contributed by atoms with Crippen molar-refractivity contribution in [1.29, 1.82) is 0 Å². The van der Waals surface area contributed by atoms with Gasteiger partial charge in [-0.05, 0) is 36.5 Å². The Hall–Kier alpha value is -0.690. The summed E-state index contributed by atoms with van der Waals surface area (Å²) >= 11 is 5.63. The van der Waals surface area contributed by atoms with E-state index in [0.29, 0.717) is 12.0 Å². The number of aliphatic hydroxyl groups excluding tert-OH is 2. The molecule has 0 aliphatic carbocycles. The molecule has 1 aromatic carbocycles. The largest absolute Gasteiger partial charge is 0.396 e. The first kappa shape index (κ1) is 16.7. The van der Waals surface area contributed by atoms with Crippen molar-refractivity contribution in [3.8, 4) is 0 Å². The molecular weight excluding hydrogens is 319 g/mol. The van der Waals surface area contributed by atoms with Crippen LogP contribution in [-0.2, 0) is 16.3 Å². The molecule has 1 aliphatic rings. The maximum absolute atomic E-state index is 13.5. The summed E-state index contributed by atoms with van der Waals surface area (Å²) in [7, 11) is -3.12. The minimum atomic E-state index is -3.12. The molecule has 7 heteroatoms. The number of benzene rings is 1. The summed E-state index contributed by atoms with van der Waals surface area (Å²) in [5, 5.41) is 19.4. The minimum absolute atomic E-state index is 0.000732. The molecule has 2 rings (SSSR count). The van der Waals surface area contributed by atoms with Gasteiger partial charge in [0.2, 0.25) is 0 Å². The molecule has 1 saturated heterocycles. The summed E-state index contributed by atoms with van der Waals surface area (Å²) in [5.74, 6) is -0.896. The monoisotopic (exact) mass is 336 g/mol. The average Bonchev–Trinajstić information content (AvgIpc) is 2.81. The molecule has 2 N–H and O–H groups in total. The van der Waals surface area contributed by atoms with Crippen molar-refractivity contribution in [1.82, 2.24) is 0 Å². The van der Waals surface area contributed by atoms with Crippen LogP contribution in [0.15, 0.2) is 18.2 Å². The van der Waals surface area contributed by atoms with E-state index in [0.717, 1.165) is 0 Å². The van der Waals surface area contributed by atoms with Gasteiger partial charge in [0.25, 0.3) is 0 Å². The lowest BCUT2D eigenvalue weighted by Gasteiger charge is -2.35. The fourth-order valence-electron chi connectivity index (χ4n) is 2.90. The second-order valence-corrected chi connectivity index (χ2v) is 8.34. The number of hydrogen-bond donors (Lipinski definition) is 2. The molecule has 1 fully saturated rings. The summed E-state index contributed by atoms with van der Waals surface area (Å²) in [6.45, 7) is -0.706. The van der Waals surface area contributed by atoms with Crippen LogP contribution >= 0.6 is 11.6 Å². The average molecular weight is 337 g/mol. The van der Waals surface area contributed by atoms with Gasteiger partial charge in [-0.25, -0.2) is 12.8 Å². The van der Waals surface area contributed by atoms with Gasteiger partial charge in [0.15, 0.2) is 9.84 Å². The van der Waals surface area contributed by atoms with Gasteiger partial charge in [0.1, 0.15) is 5.82 Å². The number of hydrogen-bond acceptors (Lipinski definition) is 4. The molecule has 0 bridgehead atoms. The Morgan fingerprint density at radius 1 is 1.33 bits per heavy atom. The zero-order valence-electron chi connectivity index (χ0n) is 11.4. The molecule has 1 aliphatic heterocycles. The topological polar surface area (TPSA) is 74.6 Å². The third-order valence-corrected chi connectivity index (χ3v) is 6.34. The molecule has 0 radical (unpaired) electrons. The first-order chi connectivity index (χ1) is 9.82. The van der Waals surface area contributed by atoms with Gasteiger partial charge in [0.05, 0.1) is 29.7 Å². The van der Waals surface area contributed by atoms with Crippen LogP contribution in [0.5, 0.6) is 0 Å². The van der Waals surface area contributed by atoms with Gasteiger partial charge in [-0.2, -0.15) is 0 Å². The smallest absolute Gasteiger partial charge is 0.150 e. The standard InChI is InChI=1S/C14H18ClFO4S/c15-12-2-1-10(5-13(12)16)6-14(8-17,9-18)11-3-4-21(19,20)7-11/h1-2,5,11,17-18H,3-4,6-9H2. The molecule has 1 unspecified atom stereocenters. The van der Waals surface area contributed by atoms with Crippen molar-refractivity contribution < 1.29 is 23.0 Å². The van der Waals surface area contributed by atoms with Gasteiger partial charge in [0, 0.05) is 5.41 Å². The van der Waals surface area contributed by atoms with E-state index in [4.69, 9.17) is 11.6 Å². The second-order valence-electron chi connectivity index (χ2n) is 5.70. The summed E-state index contributed by atoms with van der Waals surface area (Å²) < 4.78 is 36.8. The van der Waals surface area contributed by atoms with Gasteiger partial charge in [-0.15, -0.1) is 0 Å². The fraction of sp³-hybridized carbons (Fsp3) is 0.571. The predicted molar refractivity (Wildman–Crippen MR) is 78.5 cm³/mol. The first-order valence-electron chi connectivity index (χ1n) is 6.68. The molecule has 1 aromatic rings. The van der Waals surface area contributed by atoms with Crippen molar-refractivity contribution in [2.75, 3.05) is 24.7 Å². The zero-order chi connectivity index (χ0) is 15.7. The highest BCUT2D eigenvalue weighted by molar-refractivity contribution is 7.91. The SMILES string of the molecule is O=S1(=O)CCC(C(CO)(CO)Cc2ccc(Cl)c(F)c2)C1. The molecule has 0 amide bonds. The van der Waals surface area contributed by atoms with E-state index in [1.807, 2.05) is 0 Å². The molecule has 1 atom stereocenters. The quantitative estimate of drug-likeness (QED) is 0.853. The molecule has 118 valence electrons. The maximum Gasteiger partial charge on any atom is 0.150 e. The normalized spacial score (nSPS) is 21.6. The van der Waals surface area contributed by atoms with E-state index >= 15 is 0 Å². The van der Waals surface area contributed by atoms with Crippen LogP contribution in [0.4, 0.5) is 4.39 Å². The van der Waals surface area contributed by atoms with Crippen LogP contribution in [-0.4, -0.2) is 43.4 Å². The van der Waals surface area contributed by atoms with Gasteiger partial charge < -0.3 is 10.2 Å². The Morgan fingerprint density at radius 3 is 2.48 bits per heavy atom. The molecule has 0 aromatic heterocycles. The summed E-state index contributed by atoms with van der Waals surface area (Å²) in [6, 6.07) is 4.29. The van der Waals surface area contributed by atoms with Crippen LogP contribution < -0.4 is 0 Å². The van der Waals surface area contributed by atoms with Crippen LogP contribution in [0, 0.1) is 17.2 Å². The Morgan fingerprint density at radius 2 is 2.00 bits per heavy atom. The highest BCUT2D eigenvalue weighted by atomic mass is 35.5. The second kappa shape index (κ2) is 6.20. The maximum atomic E-state index is 13.5. The Bertz CT molecular complexity index is 613. The van der Waals surface area contributed by atoms with E-state index in [2.05, 4.69) is 0 Å². The van der Waals surface area contributed by atoms with Crippen molar-refractivity contribution >= 4 is 21.4 Å². The molecule has 21 heavy (non-hydrogen) atoms. The van der Waals surface area contributed by atoms with Gasteiger partial charge in [-0.1, -0.05) is 17.7 Å². The Kier molecular flexibility index (Phi) is 4.92. The molecule has 4 nitrogen and oxygen atoms in total. The molecule has 0 spiro atoms.